The van der Waals surface area contributed by atoms with Crippen molar-refractivity contribution in [1.82, 2.24) is 24.0 Å². The van der Waals surface area contributed by atoms with Crippen molar-refractivity contribution in [3.63, 3.8) is 0 Å². The normalized spacial score (nSPS) is 22.0. The molecule has 0 amide bonds. The summed E-state index contributed by atoms with van der Waals surface area (Å²) in [4.78, 5) is 36.2. The molecule has 2 aromatic rings. The third-order valence-corrected chi connectivity index (χ3v) is 6.45. The highest BCUT2D eigenvalue weighted by atomic mass is 16.6. The van der Waals surface area contributed by atoms with Crippen LogP contribution < -0.4 is 5.69 Å². The highest BCUT2D eigenvalue weighted by Gasteiger charge is 2.25. The van der Waals surface area contributed by atoms with E-state index in [2.05, 4.69) is 21.5 Å². The maximum absolute atomic E-state index is 13.1. The Hall–Kier alpha value is -2.52. The Morgan fingerprint density at radius 2 is 1.87 bits per heavy atom. The monoisotopic (exact) mass is 429 g/mol. The molecule has 0 unspecified atom stereocenters. The van der Waals surface area contributed by atoms with Crippen LogP contribution in [0.5, 0.6) is 0 Å². The van der Waals surface area contributed by atoms with Gasteiger partial charge in [-0.2, -0.15) is 0 Å². The van der Waals surface area contributed by atoms with Gasteiger partial charge in [0.05, 0.1) is 30.8 Å². The van der Waals surface area contributed by atoms with Crippen LogP contribution in [0.15, 0.2) is 23.4 Å². The van der Waals surface area contributed by atoms with Gasteiger partial charge in [-0.05, 0) is 32.2 Å². The number of hydrogen-bond donors (Lipinski definition) is 0. The largest absolute Gasteiger partial charge is 0.467 e. The number of ether oxygens (including phenoxy) is 2. The number of nitrogens with zero attached hydrogens (tertiary/aromatic N) is 5. The van der Waals surface area contributed by atoms with Crippen LogP contribution >= 0.6 is 0 Å². The van der Waals surface area contributed by atoms with Crippen LogP contribution in [0, 0.1) is 0 Å². The summed E-state index contributed by atoms with van der Waals surface area (Å²) in [5.74, 6) is 0.224. The van der Waals surface area contributed by atoms with Gasteiger partial charge in [0.15, 0.2) is 5.82 Å². The molecule has 0 N–H and O–H groups in total. The van der Waals surface area contributed by atoms with Crippen LogP contribution in [0.1, 0.15) is 50.0 Å². The predicted octanol–water partition coefficient (Wildman–Crippen LogP) is 1.52. The SMILES string of the molecule is CCN1CCc2ncc(-n3ccn(C4CCC(OCC(=O)OC)CC4)c3=O)nc2CC1. The smallest absolute Gasteiger partial charge is 0.334 e. The zero-order valence-electron chi connectivity index (χ0n) is 18.3. The molecule has 0 bridgehead atoms. The molecular formula is C22H31N5O4. The maximum Gasteiger partial charge on any atom is 0.334 e. The van der Waals surface area contributed by atoms with Gasteiger partial charge < -0.3 is 14.4 Å². The molecule has 168 valence electrons. The average Bonchev–Trinajstić information content (AvgIpc) is 3.06. The van der Waals surface area contributed by atoms with Crippen LogP contribution in [0.3, 0.4) is 0 Å². The molecular weight excluding hydrogens is 398 g/mol. The Bertz CT molecular complexity index is 961. The van der Waals surface area contributed by atoms with Crippen LogP contribution in [0.25, 0.3) is 5.82 Å². The Balaban J connectivity index is 1.43. The highest BCUT2D eigenvalue weighted by Crippen LogP contribution is 2.29. The molecule has 0 saturated heterocycles. The lowest BCUT2D eigenvalue weighted by atomic mass is 9.93. The highest BCUT2D eigenvalue weighted by molar-refractivity contribution is 5.70. The van der Waals surface area contributed by atoms with E-state index < -0.39 is 0 Å². The van der Waals surface area contributed by atoms with Crippen molar-refractivity contribution in [2.45, 2.75) is 57.6 Å². The van der Waals surface area contributed by atoms with Crippen molar-refractivity contribution in [3.8, 4) is 5.82 Å². The summed E-state index contributed by atoms with van der Waals surface area (Å²) >= 11 is 0. The lowest BCUT2D eigenvalue weighted by Gasteiger charge is -2.28. The van der Waals surface area contributed by atoms with Gasteiger partial charge in [0.1, 0.15) is 6.61 Å². The number of aromatic nitrogens is 4. The molecule has 2 aromatic heterocycles. The molecule has 9 nitrogen and oxygen atoms in total. The van der Waals surface area contributed by atoms with Crippen LogP contribution in [-0.2, 0) is 27.1 Å². The quantitative estimate of drug-likeness (QED) is 0.643. The third-order valence-electron chi connectivity index (χ3n) is 6.45. The van der Waals surface area contributed by atoms with Gasteiger partial charge in [-0.1, -0.05) is 6.92 Å². The summed E-state index contributed by atoms with van der Waals surface area (Å²) in [5.41, 5.74) is 1.95. The van der Waals surface area contributed by atoms with E-state index in [-0.39, 0.29) is 30.4 Å². The summed E-state index contributed by atoms with van der Waals surface area (Å²) in [6.07, 6.45) is 10.4. The molecule has 0 aromatic carbocycles. The number of esters is 1. The Kier molecular flexibility index (Phi) is 6.82. The second kappa shape index (κ2) is 9.74. The molecule has 4 rings (SSSR count). The van der Waals surface area contributed by atoms with Gasteiger partial charge in [0, 0.05) is 44.4 Å². The number of likely N-dealkylation sites (N-methyl/N-ethyl adjacent to an activating group) is 1. The average molecular weight is 430 g/mol. The van der Waals surface area contributed by atoms with Gasteiger partial charge in [0.25, 0.3) is 0 Å². The first-order chi connectivity index (χ1) is 15.1. The van der Waals surface area contributed by atoms with Gasteiger partial charge >= 0.3 is 11.7 Å². The third kappa shape index (κ3) is 4.88. The fraction of sp³-hybridized carbons (Fsp3) is 0.636. The zero-order valence-corrected chi connectivity index (χ0v) is 18.3. The molecule has 0 atom stereocenters. The lowest BCUT2D eigenvalue weighted by Crippen LogP contribution is -2.31. The fourth-order valence-corrected chi connectivity index (χ4v) is 4.50. The van der Waals surface area contributed by atoms with Gasteiger partial charge in [-0.15, -0.1) is 0 Å². The summed E-state index contributed by atoms with van der Waals surface area (Å²) in [6, 6.07) is 0.124. The van der Waals surface area contributed by atoms with E-state index in [0.29, 0.717) is 5.82 Å². The van der Waals surface area contributed by atoms with Crippen molar-refractivity contribution in [2.24, 2.45) is 0 Å². The minimum absolute atomic E-state index is 0.0187. The van der Waals surface area contributed by atoms with Gasteiger partial charge in [0.2, 0.25) is 0 Å². The maximum atomic E-state index is 13.1. The molecule has 0 radical (unpaired) electrons. The first-order valence-corrected chi connectivity index (χ1v) is 11.1. The summed E-state index contributed by atoms with van der Waals surface area (Å²) < 4.78 is 13.6. The Morgan fingerprint density at radius 1 is 1.13 bits per heavy atom. The molecule has 1 fully saturated rings. The minimum atomic E-state index is -0.361. The van der Waals surface area contributed by atoms with Crippen molar-refractivity contribution in [1.29, 1.82) is 0 Å². The number of carbonyl (C=O) groups excluding carboxylic acids is 1. The zero-order chi connectivity index (χ0) is 21.8. The summed E-state index contributed by atoms with van der Waals surface area (Å²) in [7, 11) is 1.36. The topological polar surface area (TPSA) is 91.5 Å². The molecule has 31 heavy (non-hydrogen) atoms. The van der Waals surface area contributed by atoms with E-state index in [1.807, 2.05) is 6.20 Å². The second-order valence-corrected chi connectivity index (χ2v) is 8.23. The number of imidazole rings is 1. The summed E-state index contributed by atoms with van der Waals surface area (Å²) in [5, 5.41) is 0. The number of rotatable bonds is 6. The van der Waals surface area contributed by atoms with Gasteiger partial charge in [-0.3, -0.25) is 14.1 Å². The Labute approximate surface area is 182 Å². The van der Waals surface area contributed by atoms with E-state index >= 15 is 0 Å². The number of fused-ring (bicyclic) bond motifs is 1. The number of methoxy groups -OCH3 is 1. The van der Waals surface area contributed by atoms with Crippen molar-refractivity contribution < 1.29 is 14.3 Å². The van der Waals surface area contributed by atoms with Crippen LogP contribution in [0.2, 0.25) is 0 Å². The van der Waals surface area contributed by atoms with Crippen molar-refractivity contribution in [3.05, 3.63) is 40.5 Å². The number of hydrogen-bond acceptors (Lipinski definition) is 7. The van der Waals surface area contributed by atoms with E-state index in [9.17, 15) is 9.59 Å². The standard InChI is InChI=1S/C22H31N5O4/c1-3-25-10-8-18-19(9-11-25)24-20(14-23-18)27-13-12-26(22(27)29)16-4-6-17(7-5-16)31-15-21(28)30-2/h12-14,16-17H,3-11,15H2,1-2H3. The van der Waals surface area contributed by atoms with Crippen LogP contribution in [-0.4, -0.2) is 69.4 Å². The second-order valence-electron chi connectivity index (χ2n) is 8.23. The molecule has 2 aliphatic rings. The lowest BCUT2D eigenvalue weighted by molar-refractivity contribution is -0.148. The Morgan fingerprint density at radius 3 is 2.58 bits per heavy atom. The van der Waals surface area contributed by atoms with E-state index in [1.165, 1.54) is 7.11 Å². The molecule has 9 heteroatoms. The van der Waals surface area contributed by atoms with Crippen molar-refractivity contribution in [2.75, 3.05) is 33.4 Å². The molecule has 1 aliphatic carbocycles. The molecule has 1 saturated carbocycles. The van der Waals surface area contributed by atoms with E-state index in [4.69, 9.17) is 9.72 Å². The first kappa shape index (κ1) is 21.7. The number of carbonyl (C=O) groups is 1. The fourth-order valence-electron chi connectivity index (χ4n) is 4.50. The summed E-state index contributed by atoms with van der Waals surface area (Å²) in [6.45, 7) is 5.15. The molecule has 0 spiro atoms. The first-order valence-electron chi connectivity index (χ1n) is 11.1. The minimum Gasteiger partial charge on any atom is -0.467 e. The molecule has 3 heterocycles. The van der Waals surface area contributed by atoms with E-state index in [0.717, 1.165) is 69.5 Å². The molecule has 1 aliphatic heterocycles. The van der Waals surface area contributed by atoms with Crippen LogP contribution in [0.4, 0.5) is 0 Å². The van der Waals surface area contributed by atoms with Gasteiger partial charge in [-0.25, -0.2) is 14.6 Å². The van der Waals surface area contributed by atoms with E-state index in [1.54, 1.807) is 21.5 Å². The van der Waals surface area contributed by atoms with Crippen molar-refractivity contribution >= 4 is 5.97 Å². The predicted molar refractivity (Wildman–Crippen MR) is 114 cm³/mol.